The van der Waals surface area contributed by atoms with E-state index in [1.54, 1.807) is 74.5 Å². The van der Waals surface area contributed by atoms with Gasteiger partial charge in [0.1, 0.15) is 0 Å². The molecule has 5 rings (SSSR count). The Morgan fingerprint density at radius 1 is 0.622 bits per heavy atom. The molecule has 0 bridgehead atoms. The Labute approximate surface area is 213 Å². The van der Waals surface area contributed by atoms with Gasteiger partial charge in [0, 0.05) is 28.5 Å². The maximum absolute atomic E-state index is 13.7. The minimum atomic E-state index is -0.888. The van der Waals surface area contributed by atoms with Crippen molar-refractivity contribution in [2.45, 2.75) is 19.8 Å². The molecule has 3 aromatic rings. The van der Waals surface area contributed by atoms with Crippen molar-refractivity contribution in [3.63, 3.8) is 0 Å². The van der Waals surface area contributed by atoms with E-state index >= 15 is 0 Å². The Balaban J connectivity index is 1.51. The summed E-state index contributed by atoms with van der Waals surface area (Å²) < 4.78 is 0. The van der Waals surface area contributed by atoms with Crippen LogP contribution in [0.3, 0.4) is 0 Å². The molecular weight excluding hydrogens is 468 g/mol. The SMILES string of the molecule is CC1=NN(C(=O)c2ccccc2)C(=O)[C@@H]1C(c1ccccc1)[C@H]1C(=O)N(C(=O)c2ccccc2)N=C1C. The van der Waals surface area contributed by atoms with Gasteiger partial charge < -0.3 is 0 Å². The highest BCUT2D eigenvalue weighted by molar-refractivity contribution is 6.20. The fourth-order valence-electron chi connectivity index (χ4n) is 4.94. The molecule has 184 valence electrons. The number of hydrazone groups is 2. The van der Waals surface area contributed by atoms with E-state index in [1.165, 1.54) is 0 Å². The van der Waals surface area contributed by atoms with Crippen molar-refractivity contribution in [1.82, 2.24) is 10.0 Å². The summed E-state index contributed by atoms with van der Waals surface area (Å²) in [5.74, 6) is -4.61. The number of carbonyl (C=O) groups is 4. The monoisotopic (exact) mass is 492 g/mol. The molecule has 0 saturated heterocycles. The molecule has 2 aliphatic heterocycles. The van der Waals surface area contributed by atoms with Crippen molar-refractivity contribution in [3.05, 3.63) is 108 Å². The first-order valence-electron chi connectivity index (χ1n) is 11.9. The van der Waals surface area contributed by atoms with Crippen molar-refractivity contribution in [2.75, 3.05) is 0 Å². The molecule has 0 spiro atoms. The van der Waals surface area contributed by atoms with Gasteiger partial charge in [-0.15, -0.1) is 0 Å². The van der Waals surface area contributed by atoms with Crippen LogP contribution in [-0.2, 0) is 9.59 Å². The number of hydrogen-bond acceptors (Lipinski definition) is 6. The van der Waals surface area contributed by atoms with Gasteiger partial charge in [0.2, 0.25) is 0 Å². The van der Waals surface area contributed by atoms with E-state index in [0.29, 0.717) is 28.1 Å². The van der Waals surface area contributed by atoms with Crippen LogP contribution >= 0.6 is 0 Å². The molecule has 0 N–H and O–H groups in total. The van der Waals surface area contributed by atoms with Gasteiger partial charge in [0.05, 0.1) is 11.8 Å². The fraction of sp³-hybridized carbons (Fsp3) is 0.172. The second-order valence-corrected chi connectivity index (χ2v) is 9.02. The number of carbonyl (C=O) groups excluding carboxylic acids is 4. The second-order valence-electron chi connectivity index (χ2n) is 9.02. The zero-order valence-corrected chi connectivity index (χ0v) is 20.3. The normalized spacial score (nSPS) is 19.3. The predicted molar refractivity (Wildman–Crippen MR) is 138 cm³/mol. The van der Waals surface area contributed by atoms with E-state index in [-0.39, 0.29) is 0 Å². The summed E-state index contributed by atoms with van der Waals surface area (Å²) in [7, 11) is 0. The lowest BCUT2D eigenvalue weighted by Crippen LogP contribution is -2.42. The van der Waals surface area contributed by atoms with Crippen molar-refractivity contribution in [2.24, 2.45) is 22.0 Å². The lowest BCUT2D eigenvalue weighted by atomic mass is 9.73. The molecule has 0 aliphatic carbocycles. The zero-order chi connectivity index (χ0) is 26.1. The molecule has 37 heavy (non-hydrogen) atoms. The maximum atomic E-state index is 13.7. The summed E-state index contributed by atoms with van der Waals surface area (Å²) in [4.78, 5) is 53.6. The van der Waals surface area contributed by atoms with Gasteiger partial charge in [0.15, 0.2) is 0 Å². The first kappa shape index (κ1) is 24.0. The highest BCUT2D eigenvalue weighted by Gasteiger charge is 2.51. The van der Waals surface area contributed by atoms with Gasteiger partial charge in [-0.25, -0.2) is 0 Å². The molecule has 0 fully saturated rings. The zero-order valence-electron chi connectivity index (χ0n) is 20.3. The van der Waals surface area contributed by atoms with Gasteiger partial charge in [-0.05, 0) is 43.7 Å². The van der Waals surface area contributed by atoms with Crippen molar-refractivity contribution in [1.29, 1.82) is 0 Å². The molecule has 2 aliphatic rings. The number of rotatable bonds is 5. The molecule has 0 aromatic heterocycles. The van der Waals surface area contributed by atoms with E-state index in [4.69, 9.17) is 0 Å². The van der Waals surface area contributed by atoms with Crippen LogP contribution in [0.2, 0.25) is 0 Å². The molecule has 2 atom stereocenters. The Morgan fingerprint density at radius 2 is 0.973 bits per heavy atom. The van der Waals surface area contributed by atoms with E-state index < -0.39 is 41.4 Å². The van der Waals surface area contributed by atoms with Crippen LogP contribution < -0.4 is 0 Å². The maximum Gasteiger partial charge on any atom is 0.281 e. The molecule has 4 amide bonds. The summed E-state index contributed by atoms with van der Waals surface area (Å²) in [6.45, 7) is 3.35. The van der Waals surface area contributed by atoms with Crippen LogP contribution in [0.5, 0.6) is 0 Å². The quantitative estimate of drug-likeness (QED) is 0.500. The standard InChI is InChI=1S/C29H24N4O4/c1-18-23(28(36)32(30-18)26(34)21-14-8-4-9-15-21)25(20-12-6-3-7-13-20)24-19(2)31-33(29(24)37)27(35)22-16-10-5-11-17-22/h3-17,23-25H,1-2H3/t23-,24-/m0/s1. The largest absolute Gasteiger partial charge is 0.281 e. The number of hydrogen-bond donors (Lipinski definition) is 0. The molecule has 2 heterocycles. The highest BCUT2D eigenvalue weighted by Crippen LogP contribution is 2.41. The molecule has 0 saturated carbocycles. The Morgan fingerprint density at radius 3 is 1.35 bits per heavy atom. The third-order valence-electron chi connectivity index (χ3n) is 6.69. The van der Waals surface area contributed by atoms with Gasteiger partial charge in [-0.3, -0.25) is 19.2 Å². The summed E-state index contributed by atoms with van der Waals surface area (Å²) in [6.07, 6.45) is 0. The molecule has 0 radical (unpaired) electrons. The summed E-state index contributed by atoms with van der Waals surface area (Å²) in [5.41, 5.74) is 2.21. The third-order valence-corrected chi connectivity index (χ3v) is 6.69. The van der Waals surface area contributed by atoms with Gasteiger partial charge in [0.25, 0.3) is 23.6 Å². The first-order chi connectivity index (χ1) is 17.9. The number of benzene rings is 3. The third kappa shape index (κ3) is 4.27. The molecule has 8 nitrogen and oxygen atoms in total. The minimum Gasteiger partial charge on any atom is -0.272 e. The van der Waals surface area contributed by atoms with Gasteiger partial charge in [-0.1, -0.05) is 66.7 Å². The Hall–Kier alpha value is -4.72. The average molecular weight is 493 g/mol. The first-order valence-corrected chi connectivity index (χ1v) is 11.9. The number of nitrogens with zero attached hydrogens (tertiary/aromatic N) is 4. The second kappa shape index (κ2) is 9.73. The van der Waals surface area contributed by atoms with Crippen LogP contribution in [0.1, 0.15) is 46.0 Å². The van der Waals surface area contributed by atoms with Crippen molar-refractivity contribution in [3.8, 4) is 0 Å². The fourth-order valence-corrected chi connectivity index (χ4v) is 4.94. The van der Waals surface area contributed by atoms with Crippen LogP contribution in [0.4, 0.5) is 0 Å². The van der Waals surface area contributed by atoms with Crippen molar-refractivity contribution >= 4 is 35.1 Å². The van der Waals surface area contributed by atoms with Crippen LogP contribution in [0.25, 0.3) is 0 Å². The Bertz CT molecular complexity index is 1340. The summed E-state index contributed by atoms with van der Waals surface area (Å²) in [5, 5.41) is 10.4. The molecule has 0 unspecified atom stereocenters. The number of imide groups is 2. The van der Waals surface area contributed by atoms with Crippen molar-refractivity contribution < 1.29 is 19.2 Å². The number of amides is 4. The molecular formula is C29H24N4O4. The van der Waals surface area contributed by atoms with Crippen LogP contribution in [0.15, 0.2) is 101 Å². The van der Waals surface area contributed by atoms with Crippen LogP contribution in [0, 0.1) is 11.8 Å². The lowest BCUT2D eigenvalue weighted by Gasteiger charge is -2.28. The Kier molecular flexibility index (Phi) is 6.31. The van der Waals surface area contributed by atoms with E-state index in [1.807, 2.05) is 30.3 Å². The molecule has 3 aromatic carbocycles. The summed E-state index contributed by atoms with van der Waals surface area (Å²) >= 11 is 0. The smallest absolute Gasteiger partial charge is 0.272 e. The average Bonchev–Trinajstić information content (AvgIpc) is 3.39. The topological polar surface area (TPSA) is 99.5 Å². The predicted octanol–water partition coefficient (Wildman–Crippen LogP) is 4.12. The van der Waals surface area contributed by atoms with Crippen LogP contribution in [-0.4, -0.2) is 45.1 Å². The minimum absolute atomic E-state index is 0.332. The molecule has 8 heteroatoms. The van der Waals surface area contributed by atoms with E-state index in [0.717, 1.165) is 10.0 Å². The lowest BCUT2D eigenvalue weighted by molar-refractivity contribution is -0.132. The van der Waals surface area contributed by atoms with E-state index in [9.17, 15) is 19.2 Å². The van der Waals surface area contributed by atoms with Gasteiger partial charge in [-0.2, -0.15) is 20.2 Å². The highest BCUT2D eigenvalue weighted by atomic mass is 16.2. The van der Waals surface area contributed by atoms with Gasteiger partial charge >= 0.3 is 0 Å². The summed E-state index contributed by atoms with van der Waals surface area (Å²) in [6, 6.07) is 26.0. The van der Waals surface area contributed by atoms with E-state index in [2.05, 4.69) is 10.2 Å².